The van der Waals surface area contributed by atoms with Crippen molar-refractivity contribution >= 4 is 55.4 Å². The van der Waals surface area contributed by atoms with Crippen molar-refractivity contribution in [1.29, 1.82) is 0 Å². The third kappa shape index (κ3) is 5.23. The molecule has 0 N–H and O–H groups in total. The van der Waals surface area contributed by atoms with Crippen molar-refractivity contribution in [2.45, 2.75) is 15.2 Å². The van der Waals surface area contributed by atoms with Gasteiger partial charge in [0.05, 0.1) is 16.6 Å². The average Bonchev–Trinajstić information content (AvgIpc) is 3.90. The smallest absolute Gasteiger partial charge is 0.164 e. The zero-order chi connectivity index (χ0) is 42.6. The molecule has 0 atom stereocenters. The molecule has 14 rings (SSSR count). The molecule has 2 aliphatic rings. The van der Waals surface area contributed by atoms with Crippen molar-refractivity contribution < 1.29 is 4.42 Å². The molecular formula is C59H34N4OS. The van der Waals surface area contributed by atoms with E-state index in [0.717, 1.165) is 66.2 Å². The molecule has 0 saturated heterocycles. The molecule has 6 heteroatoms. The van der Waals surface area contributed by atoms with Crippen LogP contribution in [0.5, 0.6) is 0 Å². The van der Waals surface area contributed by atoms with Crippen LogP contribution in [0.15, 0.2) is 220 Å². The van der Waals surface area contributed by atoms with Gasteiger partial charge in [0.15, 0.2) is 17.5 Å². The highest BCUT2D eigenvalue weighted by molar-refractivity contribution is 7.99. The van der Waals surface area contributed by atoms with Crippen LogP contribution in [-0.4, -0.2) is 19.9 Å². The minimum absolute atomic E-state index is 0.523. The first-order chi connectivity index (χ1) is 32.2. The predicted molar refractivity (Wildman–Crippen MR) is 263 cm³/mol. The first kappa shape index (κ1) is 36.3. The highest BCUT2D eigenvalue weighted by Gasteiger charge is 2.50. The summed E-state index contributed by atoms with van der Waals surface area (Å²) in [5.41, 5.74) is 14.5. The highest BCUT2D eigenvalue weighted by Crippen LogP contribution is 2.63. The second kappa shape index (κ2) is 13.9. The number of aromatic nitrogens is 4. The molecule has 1 spiro atoms. The van der Waals surface area contributed by atoms with Crippen LogP contribution in [0.1, 0.15) is 22.3 Å². The molecule has 0 fully saturated rings. The molecule has 0 radical (unpaired) electrons. The summed E-state index contributed by atoms with van der Waals surface area (Å²) in [5.74, 6) is 1.76. The molecule has 0 unspecified atom stereocenters. The van der Waals surface area contributed by atoms with Crippen LogP contribution in [0.3, 0.4) is 0 Å². The van der Waals surface area contributed by atoms with E-state index in [1.807, 2.05) is 60.3 Å². The van der Waals surface area contributed by atoms with Gasteiger partial charge in [-0.2, -0.15) is 0 Å². The van der Waals surface area contributed by atoms with Crippen molar-refractivity contribution in [1.82, 2.24) is 19.9 Å². The lowest BCUT2D eigenvalue weighted by Crippen LogP contribution is -2.32. The molecule has 9 aromatic carbocycles. The van der Waals surface area contributed by atoms with Crippen LogP contribution < -0.4 is 0 Å². The topological polar surface area (TPSA) is 64.7 Å². The monoisotopic (exact) mass is 846 g/mol. The van der Waals surface area contributed by atoms with Crippen molar-refractivity contribution in [3.8, 4) is 56.5 Å². The Morgan fingerprint density at radius 2 is 0.985 bits per heavy atom. The van der Waals surface area contributed by atoms with Gasteiger partial charge in [0.25, 0.3) is 0 Å². The molecule has 0 saturated carbocycles. The van der Waals surface area contributed by atoms with Gasteiger partial charge in [-0.15, -0.1) is 0 Å². The third-order valence-corrected chi connectivity index (χ3v) is 14.6. The van der Waals surface area contributed by atoms with Gasteiger partial charge in [-0.05, 0) is 69.8 Å². The number of nitrogens with zero attached hydrogens (tertiary/aromatic N) is 4. The Bertz CT molecular complexity index is 3890. The number of furan rings is 1. The average molecular weight is 847 g/mol. The minimum atomic E-state index is -0.523. The molecular weight excluding hydrogens is 813 g/mol. The van der Waals surface area contributed by atoms with Crippen LogP contribution in [0.4, 0.5) is 0 Å². The minimum Gasteiger partial charge on any atom is -0.456 e. The molecule has 3 aromatic heterocycles. The first-order valence-corrected chi connectivity index (χ1v) is 22.7. The zero-order valence-corrected chi connectivity index (χ0v) is 35.6. The number of rotatable bonds is 4. The first-order valence-electron chi connectivity index (χ1n) is 21.9. The van der Waals surface area contributed by atoms with Gasteiger partial charge in [-0.25, -0.2) is 19.9 Å². The molecule has 12 aromatic rings. The lowest BCUT2D eigenvalue weighted by Gasteiger charge is -2.40. The van der Waals surface area contributed by atoms with Crippen LogP contribution >= 0.6 is 11.8 Å². The quantitative estimate of drug-likeness (QED) is 0.164. The van der Waals surface area contributed by atoms with Gasteiger partial charge < -0.3 is 4.42 Å². The Morgan fingerprint density at radius 1 is 0.369 bits per heavy atom. The molecule has 65 heavy (non-hydrogen) atoms. The Balaban J connectivity index is 1.07. The molecule has 5 nitrogen and oxygen atoms in total. The maximum absolute atomic E-state index is 6.34. The van der Waals surface area contributed by atoms with Gasteiger partial charge in [0.2, 0.25) is 0 Å². The summed E-state index contributed by atoms with van der Waals surface area (Å²) >= 11 is 1.87. The second-order valence-electron chi connectivity index (χ2n) is 16.8. The van der Waals surface area contributed by atoms with E-state index in [1.54, 1.807) is 0 Å². The summed E-state index contributed by atoms with van der Waals surface area (Å²) in [6.45, 7) is 0. The Labute approximate surface area is 378 Å². The van der Waals surface area contributed by atoms with Gasteiger partial charge >= 0.3 is 0 Å². The summed E-state index contributed by atoms with van der Waals surface area (Å²) in [5, 5.41) is 5.31. The SMILES string of the molecule is c1ccc(-c2nc(-c3ccc4nc(-c5ccccc5)c5ccc6c(c5c4c3)Sc3ccccc3C63c4ccccc4-c4ccccc43)nc(-c3cccc4oc5ccccc5c34)n2)cc1. The van der Waals surface area contributed by atoms with E-state index in [2.05, 4.69) is 158 Å². The fourth-order valence-corrected chi connectivity index (χ4v) is 12.0. The fraction of sp³-hybridized carbons (Fsp3) is 0.0169. The number of para-hydroxylation sites is 1. The number of pyridine rings is 1. The van der Waals surface area contributed by atoms with Crippen molar-refractivity contribution in [2.24, 2.45) is 0 Å². The lowest BCUT2D eigenvalue weighted by molar-refractivity contribution is 0.669. The van der Waals surface area contributed by atoms with E-state index in [1.165, 1.54) is 48.6 Å². The summed E-state index contributed by atoms with van der Waals surface area (Å²) in [7, 11) is 0. The number of hydrogen-bond acceptors (Lipinski definition) is 6. The molecule has 0 amide bonds. The van der Waals surface area contributed by atoms with E-state index in [4.69, 9.17) is 24.4 Å². The van der Waals surface area contributed by atoms with Gasteiger partial charge in [-0.1, -0.05) is 182 Å². The van der Waals surface area contributed by atoms with E-state index in [0.29, 0.717) is 17.5 Å². The molecule has 0 bridgehead atoms. The summed E-state index contributed by atoms with van der Waals surface area (Å²) < 4.78 is 6.34. The maximum atomic E-state index is 6.34. The third-order valence-electron chi connectivity index (χ3n) is 13.4. The molecule has 302 valence electrons. The number of fused-ring (bicyclic) bond motifs is 16. The fourth-order valence-electron chi connectivity index (χ4n) is 10.7. The lowest BCUT2D eigenvalue weighted by atomic mass is 9.67. The van der Waals surface area contributed by atoms with Crippen molar-refractivity contribution in [3.05, 3.63) is 229 Å². The van der Waals surface area contributed by atoms with Crippen LogP contribution in [0.25, 0.3) is 100 Å². The number of hydrogen-bond donors (Lipinski definition) is 0. The van der Waals surface area contributed by atoms with Gasteiger partial charge in [-0.3, -0.25) is 0 Å². The van der Waals surface area contributed by atoms with Gasteiger partial charge in [0.1, 0.15) is 11.2 Å². The highest BCUT2D eigenvalue weighted by atomic mass is 32.2. The van der Waals surface area contributed by atoms with E-state index < -0.39 is 5.41 Å². The van der Waals surface area contributed by atoms with Crippen LogP contribution in [0, 0.1) is 0 Å². The Morgan fingerprint density at radius 3 is 1.77 bits per heavy atom. The van der Waals surface area contributed by atoms with E-state index >= 15 is 0 Å². The van der Waals surface area contributed by atoms with Gasteiger partial charge in [0, 0.05) is 59.0 Å². The number of benzene rings is 9. The predicted octanol–water partition coefficient (Wildman–Crippen LogP) is 15.0. The maximum Gasteiger partial charge on any atom is 0.164 e. The molecule has 4 heterocycles. The zero-order valence-electron chi connectivity index (χ0n) is 34.7. The summed E-state index contributed by atoms with van der Waals surface area (Å²) in [6.07, 6.45) is 0. The normalized spacial score (nSPS) is 13.3. The molecule has 1 aliphatic carbocycles. The second-order valence-corrected chi connectivity index (χ2v) is 17.9. The van der Waals surface area contributed by atoms with Crippen LogP contribution in [0.2, 0.25) is 0 Å². The van der Waals surface area contributed by atoms with Crippen LogP contribution in [-0.2, 0) is 5.41 Å². The standard InChI is InChI=1S/C59H34N4OS/c1-3-16-35(17-4-1)54-41-31-32-47-55(65-51-29-14-12-26-46(51)59(47)44-24-10-7-20-38(44)39-21-8-11-25-45(39)59)53(41)43-34-37(30-33-48(43)60-54)57-61-56(36-18-5-2-6-19-36)62-58(63-57)42-23-15-28-50-52(42)40-22-9-13-27-49(40)64-50/h1-34H. The Kier molecular flexibility index (Phi) is 7.77. The molecule has 1 aliphatic heterocycles. The van der Waals surface area contributed by atoms with Crippen molar-refractivity contribution in [2.75, 3.05) is 0 Å². The largest absolute Gasteiger partial charge is 0.456 e. The Hall–Kier alpha value is -8.19. The van der Waals surface area contributed by atoms with E-state index in [9.17, 15) is 0 Å². The van der Waals surface area contributed by atoms with E-state index in [-0.39, 0.29) is 0 Å². The summed E-state index contributed by atoms with van der Waals surface area (Å²) in [4.78, 5) is 23.7. The van der Waals surface area contributed by atoms with Crippen molar-refractivity contribution in [3.63, 3.8) is 0 Å². The summed E-state index contributed by atoms with van der Waals surface area (Å²) in [6, 6.07) is 73.2.